The lowest BCUT2D eigenvalue weighted by Crippen LogP contribution is -2.27. The molecule has 0 aliphatic carbocycles. The lowest BCUT2D eigenvalue weighted by Gasteiger charge is -2.12. The fraction of sp³-hybridized carbons (Fsp3) is 0.857. The van der Waals surface area contributed by atoms with E-state index in [4.69, 9.17) is 5.73 Å². The van der Waals surface area contributed by atoms with Gasteiger partial charge in [-0.3, -0.25) is 4.79 Å². The van der Waals surface area contributed by atoms with Crippen LogP contribution in [0.15, 0.2) is 0 Å². The molecule has 0 aromatic rings. The molecule has 0 bridgehead atoms. The van der Waals surface area contributed by atoms with Crippen LogP contribution in [0.5, 0.6) is 0 Å². The Morgan fingerprint density at radius 2 is 2.36 bits per heavy atom. The minimum atomic E-state index is 0.144. The van der Waals surface area contributed by atoms with E-state index in [1.165, 1.54) is 0 Å². The minimum Gasteiger partial charge on any atom is -0.341 e. The number of nitrogens with zero attached hydrogens (tertiary/aromatic N) is 1. The Kier molecular flexibility index (Phi) is 2.90. The molecule has 2 atom stereocenters. The number of halogens is 1. The zero-order chi connectivity index (χ0) is 8.43. The Morgan fingerprint density at radius 3 is 2.64 bits per heavy atom. The van der Waals surface area contributed by atoms with Crippen LogP contribution >= 0.6 is 15.9 Å². The first kappa shape index (κ1) is 9.00. The third-order valence-corrected chi connectivity index (χ3v) is 3.15. The summed E-state index contributed by atoms with van der Waals surface area (Å²) in [6.07, 6.45) is 0. The summed E-state index contributed by atoms with van der Waals surface area (Å²) in [6.45, 7) is 3.86. The van der Waals surface area contributed by atoms with E-state index < -0.39 is 0 Å². The largest absolute Gasteiger partial charge is 0.341 e. The summed E-state index contributed by atoms with van der Waals surface area (Å²) in [5.74, 6) is 0.573. The van der Waals surface area contributed by atoms with E-state index in [0.29, 0.717) is 17.3 Å². The van der Waals surface area contributed by atoms with Crippen molar-refractivity contribution in [1.29, 1.82) is 0 Å². The second-order valence-corrected chi connectivity index (χ2v) is 4.11. The van der Waals surface area contributed by atoms with E-state index in [9.17, 15) is 4.79 Å². The van der Waals surface area contributed by atoms with Crippen molar-refractivity contribution in [3.8, 4) is 0 Å². The molecule has 4 heteroatoms. The van der Waals surface area contributed by atoms with Gasteiger partial charge in [-0.05, 0) is 6.54 Å². The smallest absolute Gasteiger partial charge is 0.219 e. The highest BCUT2D eigenvalue weighted by molar-refractivity contribution is 9.09. The van der Waals surface area contributed by atoms with Gasteiger partial charge in [0.1, 0.15) is 0 Å². The zero-order valence-electron chi connectivity index (χ0n) is 6.59. The summed E-state index contributed by atoms with van der Waals surface area (Å²) in [6, 6.07) is 0. The van der Waals surface area contributed by atoms with Crippen LogP contribution in [-0.2, 0) is 4.79 Å². The molecule has 0 saturated carbocycles. The Labute approximate surface area is 75.1 Å². The van der Waals surface area contributed by atoms with Crippen molar-refractivity contribution in [3.63, 3.8) is 0 Å². The molecule has 1 amide bonds. The lowest BCUT2D eigenvalue weighted by atomic mass is 10.1. The van der Waals surface area contributed by atoms with Crippen LogP contribution < -0.4 is 5.73 Å². The Bertz CT molecular complexity index is 163. The Morgan fingerprint density at radius 1 is 1.73 bits per heavy atom. The molecule has 0 radical (unpaired) electrons. The van der Waals surface area contributed by atoms with Gasteiger partial charge in [-0.2, -0.15) is 0 Å². The average molecular weight is 221 g/mol. The summed E-state index contributed by atoms with van der Waals surface area (Å²) in [7, 11) is 0. The first-order chi connectivity index (χ1) is 5.15. The van der Waals surface area contributed by atoms with Crippen molar-refractivity contribution >= 4 is 21.8 Å². The van der Waals surface area contributed by atoms with E-state index in [0.717, 1.165) is 13.1 Å². The average Bonchev–Trinajstić information content (AvgIpc) is 2.31. The van der Waals surface area contributed by atoms with Crippen molar-refractivity contribution in [2.45, 2.75) is 11.8 Å². The Balaban J connectivity index is 2.49. The summed E-state index contributed by atoms with van der Waals surface area (Å²) < 4.78 is 0. The fourth-order valence-electron chi connectivity index (χ4n) is 1.31. The molecule has 1 heterocycles. The maximum atomic E-state index is 10.9. The van der Waals surface area contributed by atoms with Crippen LogP contribution in [0, 0.1) is 5.92 Å². The maximum absolute atomic E-state index is 10.9. The van der Waals surface area contributed by atoms with Crippen molar-refractivity contribution in [2.75, 3.05) is 19.6 Å². The van der Waals surface area contributed by atoms with E-state index in [1.54, 1.807) is 6.92 Å². The minimum absolute atomic E-state index is 0.144. The molecule has 1 aliphatic rings. The number of hydrogen-bond donors (Lipinski definition) is 1. The number of likely N-dealkylation sites (tertiary alicyclic amines) is 1. The molecule has 1 fully saturated rings. The first-order valence-electron chi connectivity index (χ1n) is 3.74. The van der Waals surface area contributed by atoms with Gasteiger partial charge in [-0.25, -0.2) is 0 Å². The molecule has 0 aromatic carbocycles. The highest BCUT2D eigenvalue weighted by atomic mass is 79.9. The molecule has 3 nitrogen and oxygen atoms in total. The van der Waals surface area contributed by atoms with Gasteiger partial charge in [0.2, 0.25) is 5.91 Å². The van der Waals surface area contributed by atoms with Crippen LogP contribution in [0.1, 0.15) is 6.92 Å². The molecular weight excluding hydrogens is 208 g/mol. The van der Waals surface area contributed by atoms with E-state index >= 15 is 0 Å². The second kappa shape index (κ2) is 3.54. The van der Waals surface area contributed by atoms with Crippen LogP contribution in [0.25, 0.3) is 0 Å². The monoisotopic (exact) mass is 220 g/mol. The number of alkyl halides is 1. The number of hydrogen-bond acceptors (Lipinski definition) is 2. The number of rotatable bonds is 1. The third-order valence-electron chi connectivity index (χ3n) is 2.11. The Hall–Kier alpha value is -0.0900. The maximum Gasteiger partial charge on any atom is 0.219 e. The fourth-order valence-corrected chi connectivity index (χ4v) is 2.04. The highest BCUT2D eigenvalue weighted by Crippen LogP contribution is 2.22. The van der Waals surface area contributed by atoms with Crippen LogP contribution in [0.4, 0.5) is 0 Å². The third kappa shape index (κ3) is 1.93. The van der Waals surface area contributed by atoms with E-state index in [2.05, 4.69) is 15.9 Å². The molecule has 1 saturated heterocycles. The van der Waals surface area contributed by atoms with Crippen LogP contribution in [0.3, 0.4) is 0 Å². The van der Waals surface area contributed by atoms with Gasteiger partial charge < -0.3 is 10.6 Å². The normalized spacial score (nSPS) is 31.0. The van der Waals surface area contributed by atoms with Crippen LogP contribution in [0.2, 0.25) is 0 Å². The molecule has 2 N–H and O–H groups in total. The van der Waals surface area contributed by atoms with Gasteiger partial charge >= 0.3 is 0 Å². The van der Waals surface area contributed by atoms with Crippen molar-refractivity contribution in [3.05, 3.63) is 0 Å². The SMILES string of the molecule is CC(=O)N1CC(Br)C(CN)C1. The van der Waals surface area contributed by atoms with Gasteiger partial charge in [-0.1, -0.05) is 15.9 Å². The van der Waals surface area contributed by atoms with Crippen molar-refractivity contribution in [1.82, 2.24) is 4.90 Å². The quantitative estimate of drug-likeness (QED) is 0.642. The first-order valence-corrected chi connectivity index (χ1v) is 4.66. The topological polar surface area (TPSA) is 46.3 Å². The van der Waals surface area contributed by atoms with E-state index in [1.807, 2.05) is 4.90 Å². The summed E-state index contributed by atoms with van der Waals surface area (Å²) in [4.78, 5) is 13.1. The van der Waals surface area contributed by atoms with Crippen LogP contribution in [-0.4, -0.2) is 35.3 Å². The van der Waals surface area contributed by atoms with Gasteiger partial charge in [-0.15, -0.1) is 0 Å². The zero-order valence-corrected chi connectivity index (χ0v) is 8.17. The van der Waals surface area contributed by atoms with Gasteiger partial charge in [0.25, 0.3) is 0 Å². The lowest BCUT2D eigenvalue weighted by molar-refractivity contribution is -0.127. The molecule has 1 rings (SSSR count). The van der Waals surface area contributed by atoms with Gasteiger partial charge in [0.05, 0.1) is 0 Å². The summed E-state index contributed by atoms with van der Waals surface area (Å²) in [5.41, 5.74) is 5.52. The molecular formula is C7H13BrN2O. The van der Waals surface area contributed by atoms with Gasteiger partial charge in [0, 0.05) is 30.8 Å². The molecule has 11 heavy (non-hydrogen) atoms. The predicted molar refractivity (Wildman–Crippen MR) is 47.5 cm³/mol. The van der Waals surface area contributed by atoms with Crippen molar-refractivity contribution < 1.29 is 4.79 Å². The van der Waals surface area contributed by atoms with E-state index in [-0.39, 0.29) is 5.91 Å². The second-order valence-electron chi connectivity index (χ2n) is 2.94. The summed E-state index contributed by atoms with van der Waals surface area (Å²) >= 11 is 3.50. The molecule has 2 unspecified atom stereocenters. The summed E-state index contributed by atoms with van der Waals surface area (Å²) in [5, 5.41) is 0. The molecule has 0 aromatic heterocycles. The predicted octanol–water partition coefficient (Wildman–Crippen LogP) is 0.187. The number of carbonyl (C=O) groups is 1. The van der Waals surface area contributed by atoms with Gasteiger partial charge in [0.15, 0.2) is 0 Å². The molecule has 0 spiro atoms. The molecule has 1 aliphatic heterocycles. The molecule has 64 valence electrons. The highest BCUT2D eigenvalue weighted by Gasteiger charge is 2.30. The number of carbonyl (C=O) groups excluding carboxylic acids is 1. The number of nitrogens with two attached hydrogens (primary N) is 1. The van der Waals surface area contributed by atoms with Crippen molar-refractivity contribution in [2.24, 2.45) is 11.7 Å². The number of amides is 1. The standard InChI is InChI=1S/C7H13BrN2O/c1-5(11)10-3-6(2-9)7(8)4-10/h6-7H,2-4,9H2,1H3.